The number of hydrogen-bond acceptors (Lipinski definition) is 4. The lowest BCUT2D eigenvalue weighted by atomic mass is 10.0. The van der Waals surface area contributed by atoms with E-state index in [1.54, 1.807) is 12.1 Å². The summed E-state index contributed by atoms with van der Waals surface area (Å²) >= 11 is 2.01. The van der Waals surface area contributed by atoms with Crippen LogP contribution >= 0.6 is 11.8 Å². The SMILES string of the molecule is O=[N+]([O-])c1cccc(NCC2CCSCC2)c1. The van der Waals surface area contributed by atoms with Gasteiger partial charge in [0.05, 0.1) is 4.92 Å². The van der Waals surface area contributed by atoms with Gasteiger partial charge in [0, 0.05) is 24.4 Å². The highest BCUT2D eigenvalue weighted by molar-refractivity contribution is 7.99. The number of benzene rings is 1. The zero-order valence-electron chi connectivity index (χ0n) is 9.59. The first-order valence-electron chi connectivity index (χ1n) is 5.82. The Bertz CT molecular complexity index is 392. The molecule has 1 aliphatic heterocycles. The van der Waals surface area contributed by atoms with Crippen LogP contribution in [0.4, 0.5) is 11.4 Å². The van der Waals surface area contributed by atoms with Crippen LogP contribution in [0, 0.1) is 16.0 Å². The molecule has 4 nitrogen and oxygen atoms in total. The number of nitro benzene ring substituents is 1. The number of nitrogens with zero attached hydrogens (tertiary/aromatic N) is 1. The summed E-state index contributed by atoms with van der Waals surface area (Å²) in [7, 11) is 0. The van der Waals surface area contributed by atoms with Crippen LogP contribution in [0.3, 0.4) is 0 Å². The summed E-state index contributed by atoms with van der Waals surface area (Å²) in [6.45, 7) is 0.918. The second-order valence-corrected chi connectivity index (χ2v) is 5.47. The molecule has 0 bridgehead atoms. The summed E-state index contributed by atoms with van der Waals surface area (Å²) in [5, 5.41) is 13.9. The van der Waals surface area contributed by atoms with Crippen molar-refractivity contribution in [3.05, 3.63) is 34.4 Å². The van der Waals surface area contributed by atoms with Crippen molar-refractivity contribution in [2.45, 2.75) is 12.8 Å². The van der Waals surface area contributed by atoms with Gasteiger partial charge in [0.15, 0.2) is 0 Å². The highest BCUT2D eigenvalue weighted by atomic mass is 32.2. The van der Waals surface area contributed by atoms with E-state index in [4.69, 9.17) is 0 Å². The molecule has 0 spiro atoms. The normalized spacial score (nSPS) is 16.7. The first kappa shape index (κ1) is 12.2. The van der Waals surface area contributed by atoms with E-state index in [9.17, 15) is 10.1 Å². The monoisotopic (exact) mass is 252 g/mol. The zero-order chi connectivity index (χ0) is 12.1. The molecule has 1 saturated heterocycles. The molecule has 1 heterocycles. The molecular weight excluding hydrogens is 236 g/mol. The standard InChI is InChI=1S/C12H16N2O2S/c15-14(16)12-3-1-2-11(8-12)13-9-10-4-6-17-7-5-10/h1-3,8,10,13H,4-7,9H2. The van der Waals surface area contributed by atoms with Crippen LogP contribution in [0.2, 0.25) is 0 Å². The Balaban J connectivity index is 1.89. The number of nitro groups is 1. The van der Waals surface area contributed by atoms with Crippen molar-refractivity contribution >= 4 is 23.1 Å². The van der Waals surface area contributed by atoms with E-state index < -0.39 is 0 Å². The average molecular weight is 252 g/mol. The minimum absolute atomic E-state index is 0.147. The fourth-order valence-electron chi connectivity index (χ4n) is 1.94. The summed E-state index contributed by atoms with van der Waals surface area (Å²) in [6, 6.07) is 6.71. The van der Waals surface area contributed by atoms with Gasteiger partial charge in [0.2, 0.25) is 0 Å². The Morgan fingerprint density at radius 1 is 1.41 bits per heavy atom. The van der Waals surface area contributed by atoms with Gasteiger partial charge in [-0.05, 0) is 36.3 Å². The smallest absolute Gasteiger partial charge is 0.271 e. The van der Waals surface area contributed by atoms with E-state index >= 15 is 0 Å². The molecule has 1 fully saturated rings. The Labute approximate surface area is 105 Å². The molecule has 2 rings (SSSR count). The highest BCUT2D eigenvalue weighted by Gasteiger charge is 2.13. The Morgan fingerprint density at radius 2 is 2.18 bits per heavy atom. The molecule has 92 valence electrons. The first-order chi connectivity index (χ1) is 8.25. The minimum Gasteiger partial charge on any atom is -0.385 e. The summed E-state index contributed by atoms with van der Waals surface area (Å²) in [6.07, 6.45) is 2.49. The Hall–Kier alpha value is -1.23. The quantitative estimate of drug-likeness (QED) is 0.660. The molecule has 0 amide bonds. The molecule has 0 aromatic heterocycles. The first-order valence-corrected chi connectivity index (χ1v) is 6.97. The van der Waals surface area contributed by atoms with E-state index in [0.717, 1.165) is 12.2 Å². The van der Waals surface area contributed by atoms with E-state index in [1.807, 2.05) is 17.8 Å². The van der Waals surface area contributed by atoms with Crippen molar-refractivity contribution in [1.29, 1.82) is 0 Å². The molecular formula is C12H16N2O2S. The van der Waals surface area contributed by atoms with Gasteiger partial charge in [-0.25, -0.2) is 0 Å². The number of anilines is 1. The fourth-order valence-corrected chi connectivity index (χ4v) is 3.15. The van der Waals surface area contributed by atoms with Gasteiger partial charge >= 0.3 is 0 Å². The van der Waals surface area contributed by atoms with Crippen molar-refractivity contribution in [1.82, 2.24) is 0 Å². The van der Waals surface area contributed by atoms with Crippen LogP contribution in [0.1, 0.15) is 12.8 Å². The van der Waals surface area contributed by atoms with Crippen molar-refractivity contribution in [2.75, 3.05) is 23.4 Å². The highest BCUT2D eigenvalue weighted by Crippen LogP contribution is 2.24. The maximum atomic E-state index is 10.6. The van der Waals surface area contributed by atoms with Crippen LogP contribution in [0.25, 0.3) is 0 Å². The summed E-state index contributed by atoms with van der Waals surface area (Å²) in [4.78, 5) is 10.3. The average Bonchev–Trinajstić information content (AvgIpc) is 2.38. The molecule has 1 N–H and O–H groups in total. The van der Waals surface area contributed by atoms with Crippen LogP contribution < -0.4 is 5.32 Å². The predicted octanol–water partition coefficient (Wildman–Crippen LogP) is 3.15. The third-order valence-electron chi connectivity index (χ3n) is 2.99. The third-order valence-corrected chi connectivity index (χ3v) is 4.04. The molecule has 0 saturated carbocycles. The minimum atomic E-state index is -0.359. The van der Waals surface area contributed by atoms with E-state index in [-0.39, 0.29) is 10.6 Å². The zero-order valence-corrected chi connectivity index (χ0v) is 10.4. The molecule has 0 unspecified atom stereocenters. The molecule has 0 aliphatic carbocycles. The number of nitrogens with one attached hydrogen (secondary N) is 1. The van der Waals surface area contributed by atoms with Gasteiger partial charge in [-0.3, -0.25) is 10.1 Å². The molecule has 1 aromatic carbocycles. The molecule has 0 radical (unpaired) electrons. The second-order valence-electron chi connectivity index (χ2n) is 4.24. The molecule has 1 aromatic rings. The van der Waals surface area contributed by atoms with Gasteiger partial charge in [-0.15, -0.1) is 0 Å². The van der Waals surface area contributed by atoms with Gasteiger partial charge in [0.1, 0.15) is 0 Å². The Morgan fingerprint density at radius 3 is 2.88 bits per heavy atom. The van der Waals surface area contributed by atoms with Crippen LogP contribution in [-0.2, 0) is 0 Å². The van der Waals surface area contributed by atoms with Crippen LogP contribution in [0.5, 0.6) is 0 Å². The van der Waals surface area contributed by atoms with Crippen molar-refractivity contribution in [3.63, 3.8) is 0 Å². The third kappa shape index (κ3) is 3.63. The Kier molecular flexibility index (Phi) is 4.25. The van der Waals surface area contributed by atoms with Crippen LogP contribution in [0.15, 0.2) is 24.3 Å². The summed E-state index contributed by atoms with van der Waals surface area (Å²) in [5.41, 5.74) is 0.992. The van der Waals surface area contributed by atoms with Crippen molar-refractivity contribution in [3.8, 4) is 0 Å². The summed E-state index contributed by atoms with van der Waals surface area (Å²) < 4.78 is 0. The van der Waals surface area contributed by atoms with Crippen LogP contribution in [-0.4, -0.2) is 23.0 Å². The second kappa shape index (κ2) is 5.91. The van der Waals surface area contributed by atoms with Gasteiger partial charge in [0.25, 0.3) is 5.69 Å². The van der Waals surface area contributed by atoms with E-state index in [0.29, 0.717) is 5.92 Å². The van der Waals surface area contributed by atoms with Crippen molar-refractivity contribution < 1.29 is 4.92 Å². The lowest BCUT2D eigenvalue weighted by molar-refractivity contribution is -0.384. The maximum Gasteiger partial charge on any atom is 0.271 e. The largest absolute Gasteiger partial charge is 0.385 e. The van der Waals surface area contributed by atoms with Gasteiger partial charge in [-0.1, -0.05) is 6.07 Å². The lowest BCUT2D eigenvalue weighted by Gasteiger charge is -2.21. The topological polar surface area (TPSA) is 55.2 Å². The van der Waals surface area contributed by atoms with Gasteiger partial charge in [-0.2, -0.15) is 11.8 Å². The number of thioether (sulfide) groups is 1. The fraction of sp³-hybridized carbons (Fsp3) is 0.500. The molecule has 5 heteroatoms. The van der Waals surface area contributed by atoms with E-state index in [2.05, 4.69) is 5.32 Å². The predicted molar refractivity (Wildman–Crippen MR) is 71.6 cm³/mol. The molecule has 17 heavy (non-hydrogen) atoms. The number of rotatable bonds is 4. The molecule has 1 aliphatic rings. The number of hydrogen-bond donors (Lipinski definition) is 1. The molecule has 0 atom stereocenters. The summed E-state index contributed by atoms with van der Waals surface area (Å²) in [5.74, 6) is 3.18. The lowest BCUT2D eigenvalue weighted by Crippen LogP contribution is -2.19. The van der Waals surface area contributed by atoms with Crippen molar-refractivity contribution in [2.24, 2.45) is 5.92 Å². The van der Waals surface area contributed by atoms with Gasteiger partial charge < -0.3 is 5.32 Å². The maximum absolute atomic E-state index is 10.6. The van der Waals surface area contributed by atoms with E-state index in [1.165, 1.54) is 30.4 Å². The number of non-ortho nitro benzene ring substituents is 1.